The Morgan fingerprint density at radius 3 is 2.67 bits per heavy atom. The van der Waals surface area contributed by atoms with Crippen molar-refractivity contribution in [2.75, 3.05) is 0 Å². The normalized spacial score (nSPS) is 17.3. The molecule has 0 fully saturated rings. The second-order valence-electron chi connectivity index (χ2n) is 7.18. The van der Waals surface area contributed by atoms with Gasteiger partial charge in [0.25, 0.3) is 0 Å². The highest BCUT2D eigenvalue weighted by Crippen LogP contribution is 2.33. The molecule has 3 aromatic heterocycles. The van der Waals surface area contributed by atoms with Gasteiger partial charge in [-0.3, -0.25) is 4.90 Å². The molecule has 1 aliphatic rings. The lowest BCUT2D eigenvalue weighted by molar-refractivity contribution is 0.136. The van der Waals surface area contributed by atoms with E-state index in [1.807, 2.05) is 19.1 Å². The first-order valence-corrected chi connectivity index (χ1v) is 9.22. The first kappa shape index (κ1) is 16.2. The van der Waals surface area contributed by atoms with Crippen molar-refractivity contribution in [3.8, 4) is 0 Å². The molecule has 0 spiro atoms. The third-order valence-electron chi connectivity index (χ3n) is 5.28. The zero-order chi connectivity index (χ0) is 18.4. The number of hydrogen-bond donors (Lipinski definition) is 0. The van der Waals surface area contributed by atoms with E-state index in [1.54, 1.807) is 0 Å². The van der Waals surface area contributed by atoms with Crippen LogP contribution in [0.4, 0.5) is 0 Å². The Balaban J connectivity index is 1.51. The van der Waals surface area contributed by atoms with Gasteiger partial charge in [0.2, 0.25) is 11.8 Å². The lowest BCUT2D eigenvalue weighted by atomic mass is 9.94. The van der Waals surface area contributed by atoms with E-state index in [2.05, 4.69) is 63.0 Å². The highest BCUT2D eigenvalue weighted by atomic mass is 16.4. The van der Waals surface area contributed by atoms with E-state index in [1.165, 1.54) is 16.8 Å². The molecule has 0 unspecified atom stereocenters. The molecular formula is C21H21N5O. The van der Waals surface area contributed by atoms with E-state index in [4.69, 9.17) is 9.40 Å². The molecule has 0 radical (unpaired) electrons. The predicted molar refractivity (Wildman–Crippen MR) is 101 cm³/mol. The molecule has 27 heavy (non-hydrogen) atoms. The van der Waals surface area contributed by atoms with Crippen molar-refractivity contribution in [2.45, 2.75) is 39.4 Å². The Morgan fingerprint density at radius 1 is 1.04 bits per heavy atom. The summed E-state index contributed by atoms with van der Waals surface area (Å²) in [5.41, 5.74) is 5.90. The number of aromatic nitrogens is 4. The maximum atomic E-state index is 5.79. The van der Waals surface area contributed by atoms with Gasteiger partial charge in [0.1, 0.15) is 5.65 Å². The van der Waals surface area contributed by atoms with Gasteiger partial charge in [-0.25, -0.2) is 4.98 Å². The molecule has 6 heteroatoms. The lowest BCUT2D eigenvalue weighted by Crippen LogP contribution is -2.34. The van der Waals surface area contributed by atoms with Crippen molar-refractivity contribution >= 4 is 5.65 Å². The van der Waals surface area contributed by atoms with Crippen LogP contribution < -0.4 is 0 Å². The van der Waals surface area contributed by atoms with Crippen LogP contribution in [0.2, 0.25) is 0 Å². The highest BCUT2D eigenvalue weighted by Gasteiger charge is 2.31. The summed E-state index contributed by atoms with van der Waals surface area (Å²) >= 11 is 0. The van der Waals surface area contributed by atoms with Crippen molar-refractivity contribution < 1.29 is 4.42 Å². The van der Waals surface area contributed by atoms with Crippen LogP contribution >= 0.6 is 0 Å². The van der Waals surface area contributed by atoms with Gasteiger partial charge in [0.15, 0.2) is 0 Å². The van der Waals surface area contributed by atoms with Crippen LogP contribution in [0.15, 0.2) is 53.1 Å². The van der Waals surface area contributed by atoms with Gasteiger partial charge < -0.3 is 8.82 Å². The Morgan fingerprint density at radius 2 is 1.89 bits per heavy atom. The Hall–Kier alpha value is -2.99. The lowest BCUT2D eigenvalue weighted by Gasteiger charge is -2.34. The molecule has 1 aliphatic heterocycles. The van der Waals surface area contributed by atoms with Crippen molar-refractivity contribution in [1.82, 2.24) is 24.5 Å². The average molecular weight is 359 g/mol. The fourth-order valence-electron chi connectivity index (χ4n) is 3.92. The highest BCUT2D eigenvalue weighted by molar-refractivity contribution is 5.41. The molecule has 1 aromatic carbocycles. The van der Waals surface area contributed by atoms with Crippen molar-refractivity contribution in [2.24, 2.45) is 0 Å². The second kappa shape index (κ2) is 6.32. The van der Waals surface area contributed by atoms with Crippen LogP contribution in [-0.2, 0) is 19.5 Å². The van der Waals surface area contributed by atoms with Gasteiger partial charge in [0.05, 0.1) is 11.7 Å². The smallest absolute Gasteiger partial charge is 0.233 e. The number of rotatable bonds is 3. The van der Waals surface area contributed by atoms with E-state index in [0.29, 0.717) is 11.8 Å². The van der Waals surface area contributed by atoms with Crippen molar-refractivity contribution in [3.63, 3.8) is 0 Å². The first-order valence-electron chi connectivity index (χ1n) is 9.22. The number of aryl methyl sites for hydroxylation is 2. The zero-order valence-electron chi connectivity index (χ0n) is 15.5. The average Bonchev–Trinajstić information content (AvgIpc) is 3.28. The van der Waals surface area contributed by atoms with Crippen LogP contribution in [-0.4, -0.2) is 24.5 Å². The monoisotopic (exact) mass is 359 g/mol. The molecule has 1 atom stereocenters. The largest absolute Gasteiger partial charge is 0.424 e. The van der Waals surface area contributed by atoms with Gasteiger partial charge in [0, 0.05) is 31.9 Å². The minimum absolute atomic E-state index is 0.0620. The number of nitrogens with zero attached hydrogens (tertiary/aromatic N) is 5. The fraction of sp³-hybridized carbons (Fsp3) is 0.286. The number of fused-ring (bicyclic) bond motifs is 2. The maximum absolute atomic E-state index is 5.79. The van der Waals surface area contributed by atoms with E-state index < -0.39 is 0 Å². The van der Waals surface area contributed by atoms with E-state index in [-0.39, 0.29) is 6.04 Å². The van der Waals surface area contributed by atoms with E-state index >= 15 is 0 Å². The Labute approximate surface area is 157 Å². The van der Waals surface area contributed by atoms with Crippen LogP contribution in [0.25, 0.3) is 5.65 Å². The molecule has 6 nitrogen and oxygen atoms in total. The van der Waals surface area contributed by atoms with Crippen molar-refractivity contribution in [1.29, 1.82) is 0 Å². The third-order valence-corrected chi connectivity index (χ3v) is 5.28. The zero-order valence-corrected chi connectivity index (χ0v) is 15.5. The van der Waals surface area contributed by atoms with Gasteiger partial charge in [-0.05, 0) is 36.6 Å². The molecule has 0 saturated carbocycles. The minimum Gasteiger partial charge on any atom is -0.424 e. The summed E-state index contributed by atoms with van der Waals surface area (Å²) in [7, 11) is 0. The Kier molecular flexibility index (Phi) is 3.79. The minimum atomic E-state index is 0.0620. The molecule has 0 bridgehead atoms. The van der Waals surface area contributed by atoms with Gasteiger partial charge >= 0.3 is 0 Å². The summed E-state index contributed by atoms with van der Waals surface area (Å²) in [6, 6.07) is 14.8. The number of imidazole rings is 1. The molecule has 0 amide bonds. The predicted octanol–water partition coefficient (Wildman–Crippen LogP) is 3.63. The SMILES string of the molecule is Cc1nnc([C@H]2Cc3ccccc3CN2Cc2cn3c(C)cccc3n2)o1. The van der Waals surface area contributed by atoms with Gasteiger partial charge in [-0.1, -0.05) is 30.3 Å². The van der Waals surface area contributed by atoms with Gasteiger partial charge in [-0.2, -0.15) is 0 Å². The van der Waals surface area contributed by atoms with Crippen molar-refractivity contribution in [3.05, 3.63) is 83.0 Å². The molecule has 0 N–H and O–H groups in total. The standard InChI is InChI=1S/C21H21N5O/c1-14-6-5-9-20-22-18(13-26(14)20)12-25-11-17-8-4-3-7-16(17)10-19(25)21-24-23-15(2)27-21/h3-9,13,19H,10-12H2,1-2H3/t19-/m1/s1. The van der Waals surface area contributed by atoms with Crippen LogP contribution in [0.5, 0.6) is 0 Å². The molecule has 4 aromatic rings. The summed E-state index contributed by atoms with van der Waals surface area (Å²) in [5.74, 6) is 1.29. The molecule has 0 aliphatic carbocycles. The number of pyridine rings is 1. The first-order chi connectivity index (χ1) is 13.2. The molecule has 0 saturated heterocycles. The molecule has 4 heterocycles. The third kappa shape index (κ3) is 2.92. The Bertz CT molecular complexity index is 1110. The van der Waals surface area contributed by atoms with Crippen LogP contribution in [0, 0.1) is 13.8 Å². The maximum Gasteiger partial charge on any atom is 0.233 e. The fourth-order valence-corrected chi connectivity index (χ4v) is 3.92. The van der Waals surface area contributed by atoms with Crippen LogP contribution in [0.1, 0.15) is 40.3 Å². The topological polar surface area (TPSA) is 59.5 Å². The quantitative estimate of drug-likeness (QED) is 0.559. The van der Waals surface area contributed by atoms with Gasteiger partial charge in [-0.15, -0.1) is 10.2 Å². The molecular weight excluding hydrogens is 338 g/mol. The van der Waals surface area contributed by atoms with E-state index in [0.717, 1.165) is 30.9 Å². The molecule has 136 valence electrons. The van der Waals surface area contributed by atoms with E-state index in [9.17, 15) is 0 Å². The summed E-state index contributed by atoms with van der Waals surface area (Å²) in [6.45, 7) is 5.51. The number of hydrogen-bond acceptors (Lipinski definition) is 5. The second-order valence-corrected chi connectivity index (χ2v) is 7.18. The molecule has 5 rings (SSSR count). The summed E-state index contributed by atoms with van der Waals surface area (Å²) in [6.07, 6.45) is 2.99. The summed E-state index contributed by atoms with van der Waals surface area (Å²) < 4.78 is 7.93. The summed E-state index contributed by atoms with van der Waals surface area (Å²) in [4.78, 5) is 7.19. The number of benzene rings is 1. The van der Waals surface area contributed by atoms with Crippen LogP contribution in [0.3, 0.4) is 0 Å². The summed E-state index contributed by atoms with van der Waals surface area (Å²) in [5, 5.41) is 8.35.